The molecule has 2 heterocycles. The molecule has 25 heavy (non-hydrogen) atoms. The predicted octanol–water partition coefficient (Wildman–Crippen LogP) is 3.59. The standard InChI is InChI=1S/C17H14F3N5/c1-25(11-12-3-2-8-21-9-12)16-23-15(10-22-24-16)13-4-6-14(7-5-13)17(18,19)20/h2-10H,11H2,1H3. The SMILES string of the molecule is CN(Cc1cccnc1)c1nncc(-c2ccc(C(F)(F)F)cc2)n1. The fourth-order valence-corrected chi connectivity index (χ4v) is 2.26. The highest BCUT2D eigenvalue weighted by molar-refractivity contribution is 5.59. The maximum absolute atomic E-state index is 12.6. The van der Waals surface area contributed by atoms with E-state index in [0.29, 0.717) is 23.8 Å². The van der Waals surface area contributed by atoms with Crippen LogP contribution in [0.1, 0.15) is 11.1 Å². The van der Waals surface area contributed by atoms with E-state index in [2.05, 4.69) is 20.2 Å². The number of aromatic nitrogens is 4. The first-order valence-electron chi connectivity index (χ1n) is 7.41. The molecular weight excluding hydrogens is 331 g/mol. The second-order valence-electron chi connectivity index (χ2n) is 5.43. The van der Waals surface area contributed by atoms with E-state index in [9.17, 15) is 13.2 Å². The van der Waals surface area contributed by atoms with Crippen molar-refractivity contribution in [2.45, 2.75) is 12.7 Å². The van der Waals surface area contributed by atoms with E-state index >= 15 is 0 Å². The molecule has 0 saturated carbocycles. The van der Waals surface area contributed by atoms with Crippen molar-refractivity contribution >= 4 is 5.95 Å². The maximum atomic E-state index is 12.6. The predicted molar refractivity (Wildman–Crippen MR) is 86.6 cm³/mol. The second kappa shape index (κ2) is 6.84. The van der Waals surface area contributed by atoms with Gasteiger partial charge in [0.25, 0.3) is 0 Å². The van der Waals surface area contributed by atoms with Crippen LogP contribution in [-0.4, -0.2) is 27.2 Å². The molecule has 8 heteroatoms. The summed E-state index contributed by atoms with van der Waals surface area (Å²) in [5.41, 5.74) is 1.27. The maximum Gasteiger partial charge on any atom is 0.416 e. The largest absolute Gasteiger partial charge is 0.416 e. The molecule has 0 amide bonds. The van der Waals surface area contributed by atoms with E-state index in [4.69, 9.17) is 0 Å². The number of nitrogens with zero attached hydrogens (tertiary/aromatic N) is 5. The van der Waals surface area contributed by atoms with Crippen LogP contribution >= 0.6 is 0 Å². The molecule has 0 fully saturated rings. The number of rotatable bonds is 4. The zero-order valence-electron chi connectivity index (χ0n) is 13.3. The van der Waals surface area contributed by atoms with Gasteiger partial charge < -0.3 is 4.90 Å². The summed E-state index contributed by atoms with van der Waals surface area (Å²) in [6.07, 6.45) is 0.484. The number of anilines is 1. The Morgan fingerprint density at radius 1 is 1.04 bits per heavy atom. The molecule has 0 aliphatic heterocycles. The minimum atomic E-state index is -4.36. The number of pyridine rings is 1. The molecule has 2 aromatic heterocycles. The van der Waals surface area contributed by atoms with Crippen molar-refractivity contribution in [2.24, 2.45) is 0 Å². The van der Waals surface area contributed by atoms with E-state index < -0.39 is 11.7 Å². The van der Waals surface area contributed by atoms with Crippen LogP contribution in [-0.2, 0) is 12.7 Å². The molecule has 1 aromatic carbocycles. The Morgan fingerprint density at radius 3 is 2.44 bits per heavy atom. The van der Waals surface area contributed by atoms with Gasteiger partial charge in [0.2, 0.25) is 5.95 Å². The topological polar surface area (TPSA) is 54.8 Å². The van der Waals surface area contributed by atoms with Crippen molar-refractivity contribution in [2.75, 3.05) is 11.9 Å². The first-order valence-corrected chi connectivity index (χ1v) is 7.41. The highest BCUT2D eigenvalue weighted by Gasteiger charge is 2.30. The van der Waals surface area contributed by atoms with Crippen LogP contribution < -0.4 is 4.90 Å². The molecule has 128 valence electrons. The molecule has 0 atom stereocenters. The highest BCUT2D eigenvalue weighted by atomic mass is 19.4. The summed E-state index contributed by atoms with van der Waals surface area (Å²) in [7, 11) is 1.81. The Bertz CT molecular complexity index is 835. The van der Waals surface area contributed by atoms with Crippen molar-refractivity contribution < 1.29 is 13.2 Å². The van der Waals surface area contributed by atoms with Gasteiger partial charge in [-0.05, 0) is 23.8 Å². The fraction of sp³-hybridized carbons (Fsp3) is 0.176. The monoisotopic (exact) mass is 345 g/mol. The lowest BCUT2D eigenvalue weighted by Crippen LogP contribution is -2.19. The Hall–Kier alpha value is -3.03. The summed E-state index contributed by atoms with van der Waals surface area (Å²) >= 11 is 0. The minimum absolute atomic E-state index is 0.376. The van der Waals surface area contributed by atoms with E-state index in [1.165, 1.54) is 18.3 Å². The van der Waals surface area contributed by atoms with Gasteiger partial charge in [0.05, 0.1) is 17.5 Å². The molecule has 0 aliphatic carbocycles. The molecule has 5 nitrogen and oxygen atoms in total. The van der Waals surface area contributed by atoms with E-state index in [0.717, 1.165) is 17.7 Å². The quantitative estimate of drug-likeness (QED) is 0.723. The van der Waals surface area contributed by atoms with Crippen LogP contribution in [0.15, 0.2) is 55.0 Å². The molecule has 3 rings (SSSR count). The van der Waals surface area contributed by atoms with Crippen LogP contribution in [0, 0.1) is 0 Å². The Balaban J connectivity index is 1.81. The normalized spacial score (nSPS) is 11.4. The fourth-order valence-electron chi connectivity index (χ4n) is 2.26. The lowest BCUT2D eigenvalue weighted by Gasteiger charge is -2.16. The molecule has 0 saturated heterocycles. The summed E-state index contributed by atoms with van der Waals surface area (Å²) in [4.78, 5) is 10.2. The summed E-state index contributed by atoms with van der Waals surface area (Å²) in [6.45, 7) is 0.534. The first-order chi connectivity index (χ1) is 11.9. The second-order valence-corrected chi connectivity index (χ2v) is 5.43. The van der Waals surface area contributed by atoms with Crippen molar-refractivity contribution in [1.82, 2.24) is 20.2 Å². The average molecular weight is 345 g/mol. The summed E-state index contributed by atoms with van der Waals surface area (Å²) in [6, 6.07) is 8.56. The van der Waals surface area contributed by atoms with Crippen LogP contribution in [0.2, 0.25) is 0 Å². The van der Waals surface area contributed by atoms with Gasteiger partial charge in [-0.15, -0.1) is 5.10 Å². The van der Waals surface area contributed by atoms with E-state index in [-0.39, 0.29) is 0 Å². The zero-order chi connectivity index (χ0) is 17.9. The smallest absolute Gasteiger partial charge is 0.338 e. The summed E-state index contributed by atoms with van der Waals surface area (Å²) in [5.74, 6) is 0.376. The minimum Gasteiger partial charge on any atom is -0.338 e. The third kappa shape index (κ3) is 4.09. The van der Waals surface area contributed by atoms with Crippen molar-refractivity contribution in [3.05, 3.63) is 66.1 Å². The number of alkyl halides is 3. The van der Waals surface area contributed by atoms with Crippen LogP contribution in [0.5, 0.6) is 0 Å². The van der Waals surface area contributed by atoms with Crippen molar-refractivity contribution in [1.29, 1.82) is 0 Å². The zero-order valence-corrected chi connectivity index (χ0v) is 13.3. The first kappa shape index (κ1) is 16.8. The molecule has 0 unspecified atom stereocenters. The van der Waals surface area contributed by atoms with Crippen LogP contribution in [0.25, 0.3) is 11.3 Å². The van der Waals surface area contributed by atoms with Gasteiger partial charge in [-0.1, -0.05) is 18.2 Å². The van der Waals surface area contributed by atoms with Crippen molar-refractivity contribution in [3.8, 4) is 11.3 Å². The van der Waals surface area contributed by atoms with E-state index in [1.807, 2.05) is 12.1 Å². The Kier molecular flexibility index (Phi) is 4.60. The van der Waals surface area contributed by atoms with Gasteiger partial charge >= 0.3 is 6.18 Å². The third-order valence-electron chi connectivity index (χ3n) is 3.54. The molecule has 0 radical (unpaired) electrons. The third-order valence-corrected chi connectivity index (χ3v) is 3.54. The molecule has 0 N–H and O–H groups in total. The van der Waals surface area contributed by atoms with Gasteiger partial charge in [0.1, 0.15) is 0 Å². The lowest BCUT2D eigenvalue weighted by atomic mass is 10.1. The average Bonchev–Trinajstić information content (AvgIpc) is 2.62. The van der Waals surface area contributed by atoms with E-state index in [1.54, 1.807) is 24.3 Å². The van der Waals surface area contributed by atoms with Gasteiger partial charge in [-0.2, -0.15) is 18.3 Å². The number of hydrogen-bond donors (Lipinski definition) is 0. The van der Waals surface area contributed by atoms with Crippen molar-refractivity contribution in [3.63, 3.8) is 0 Å². The van der Waals surface area contributed by atoms with Gasteiger partial charge in [0.15, 0.2) is 0 Å². The highest BCUT2D eigenvalue weighted by Crippen LogP contribution is 2.30. The summed E-state index contributed by atoms with van der Waals surface area (Å²) < 4.78 is 37.9. The number of halogens is 3. The molecule has 0 spiro atoms. The van der Waals surface area contributed by atoms with Gasteiger partial charge in [-0.25, -0.2) is 4.98 Å². The molecule has 0 aliphatic rings. The molecule has 0 bridgehead atoms. The summed E-state index contributed by atoms with van der Waals surface area (Å²) in [5, 5.41) is 7.89. The Morgan fingerprint density at radius 2 is 1.80 bits per heavy atom. The molecule has 3 aromatic rings. The van der Waals surface area contributed by atoms with Crippen LogP contribution in [0.4, 0.5) is 19.1 Å². The van der Waals surface area contributed by atoms with Gasteiger partial charge in [0, 0.05) is 31.5 Å². The lowest BCUT2D eigenvalue weighted by molar-refractivity contribution is -0.137. The number of benzene rings is 1. The van der Waals surface area contributed by atoms with Crippen LogP contribution in [0.3, 0.4) is 0 Å². The molecular formula is C17H14F3N5. The number of hydrogen-bond acceptors (Lipinski definition) is 5. The van der Waals surface area contributed by atoms with Gasteiger partial charge in [-0.3, -0.25) is 4.98 Å². The Labute approximate surface area is 142 Å².